The first-order valence-corrected chi connectivity index (χ1v) is 4.76. The summed E-state index contributed by atoms with van der Waals surface area (Å²) in [6, 6.07) is 0. The molecular formula is C10H16O5. The first-order chi connectivity index (χ1) is 7.10. The zero-order valence-corrected chi connectivity index (χ0v) is 8.77. The number of carbonyl (C=O) groups is 2. The molecule has 0 spiro atoms. The number of ether oxygens (including phenoxy) is 2. The number of hydrogen-bond donors (Lipinski definition) is 1. The van der Waals surface area contributed by atoms with Gasteiger partial charge in [0.15, 0.2) is 0 Å². The summed E-state index contributed by atoms with van der Waals surface area (Å²) in [6.45, 7) is 5.32. The van der Waals surface area contributed by atoms with Gasteiger partial charge in [-0.1, -0.05) is 13.5 Å². The molecule has 0 bridgehead atoms. The van der Waals surface area contributed by atoms with Crippen LogP contribution in [0.25, 0.3) is 0 Å². The number of aliphatic carboxylic acids is 1. The summed E-state index contributed by atoms with van der Waals surface area (Å²) in [6.07, 6.45) is 1.41. The molecule has 0 aliphatic carbocycles. The fraction of sp³-hybridized carbons (Fsp3) is 0.600. The van der Waals surface area contributed by atoms with Gasteiger partial charge in [0.2, 0.25) is 6.29 Å². The average Bonchev–Trinajstić information content (AvgIpc) is 2.21. The van der Waals surface area contributed by atoms with E-state index < -0.39 is 18.2 Å². The van der Waals surface area contributed by atoms with Gasteiger partial charge in [-0.05, 0) is 6.42 Å². The monoisotopic (exact) mass is 216 g/mol. The fourth-order valence-corrected chi connectivity index (χ4v) is 0.851. The quantitative estimate of drug-likeness (QED) is 0.287. The molecule has 0 amide bonds. The van der Waals surface area contributed by atoms with E-state index in [0.717, 1.165) is 6.08 Å². The molecule has 0 radical (unpaired) electrons. The summed E-state index contributed by atoms with van der Waals surface area (Å²) >= 11 is 0. The standard InChI is InChI=1S/C10H16O5/c1-3-9(13)15-10(4-2)14-7-5-6-8(11)12/h3,10H,1,4-7H2,2H3,(H,11,12). The molecule has 15 heavy (non-hydrogen) atoms. The Balaban J connectivity index is 3.65. The number of hydrogen-bond acceptors (Lipinski definition) is 4. The minimum Gasteiger partial charge on any atom is -0.481 e. The Morgan fingerprint density at radius 1 is 1.53 bits per heavy atom. The molecule has 0 aliphatic rings. The highest BCUT2D eigenvalue weighted by Gasteiger charge is 2.10. The zero-order valence-electron chi connectivity index (χ0n) is 8.77. The average molecular weight is 216 g/mol. The van der Waals surface area contributed by atoms with Gasteiger partial charge in [0.1, 0.15) is 0 Å². The molecule has 5 heteroatoms. The van der Waals surface area contributed by atoms with Crippen LogP contribution in [0.2, 0.25) is 0 Å². The van der Waals surface area contributed by atoms with Gasteiger partial charge in [-0.2, -0.15) is 0 Å². The molecule has 1 unspecified atom stereocenters. The van der Waals surface area contributed by atoms with Gasteiger partial charge in [-0.25, -0.2) is 4.79 Å². The van der Waals surface area contributed by atoms with Crippen LogP contribution in [-0.2, 0) is 19.1 Å². The third kappa shape index (κ3) is 7.69. The van der Waals surface area contributed by atoms with Gasteiger partial charge in [0, 0.05) is 18.9 Å². The van der Waals surface area contributed by atoms with Crippen LogP contribution < -0.4 is 0 Å². The molecule has 86 valence electrons. The smallest absolute Gasteiger partial charge is 0.332 e. The van der Waals surface area contributed by atoms with Crippen molar-refractivity contribution in [2.45, 2.75) is 32.5 Å². The van der Waals surface area contributed by atoms with E-state index in [0.29, 0.717) is 12.8 Å². The second-order valence-electron chi connectivity index (χ2n) is 2.85. The molecule has 0 saturated carbocycles. The van der Waals surface area contributed by atoms with E-state index in [1.54, 1.807) is 6.92 Å². The van der Waals surface area contributed by atoms with E-state index in [1.807, 2.05) is 0 Å². The predicted octanol–water partition coefficient (Wildman–Crippen LogP) is 1.33. The minimum absolute atomic E-state index is 0.0475. The molecular weight excluding hydrogens is 200 g/mol. The van der Waals surface area contributed by atoms with E-state index >= 15 is 0 Å². The lowest BCUT2D eigenvalue weighted by molar-refractivity contribution is -0.174. The van der Waals surface area contributed by atoms with Crippen LogP contribution in [0.5, 0.6) is 0 Å². The molecule has 5 nitrogen and oxygen atoms in total. The lowest BCUT2D eigenvalue weighted by Crippen LogP contribution is -2.20. The summed E-state index contributed by atoms with van der Waals surface area (Å²) in [7, 11) is 0. The van der Waals surface area contributed by atoms with Crippen molar-refractivity contribution in [1.29, 1.82) is 0 Å². The molecule has 0 saturated heterocycles. The molecule has 1 atom stereocenters. The van der Waals surface area contributed by atoms with Crippen molar-refractivity contribution >= 4 is 11.9 Å². The maximum Gasteiger partial charge on any atom is 0.332 e. The van der Waals surface area contributed by atoms with Crippen molar-refractivity contribution in [3.63, 3.8) is 0 Å². The SMILES string of the molecule is C=CC(=O)OC(CC)OCCCC(=O)O. The largest absolute Gasteiger partial charge is 0.481 e. The Kier molecular flexibility index (Phi) is 7.27. The van der Waals surface area contributed by atoms with Crippen molar-refractivity contribution in [2.75, 3.05) is 6.61 Å². The summed E-state index contributed by atoms with van der Waals surface area (Å²) in [5.74, 6) is -1.41. The molecule has 0 aromatic heterocycles. The molecule has 0 rings (SSSR count). The normalized spacial score (nSPS) is 11.8. The molecule has 0 aromatic rings. The number of carbonyl (C=O) groups excluding carboxylic acids is 1. The lowest BCUT2D eigenvalue weighted by atomic mass is 10.3. The van der Waals surface area contributed by atoms with Crippen LogP contribution in [-0.4, -0.2) is 29.9 Å². The second kappa shape index (κ2) is 7.99. The predicted molar refractivity (Wildman–Crippen MR) is 53.2 cm³/mol. The van der Waals surface area contributed by atoms with E-state index in [2.05, 4.69) is 6.58 Å². The fourth-order valence-electron chi connectivity index (χ4n) is 0.851. The summed E-state index contributed by atoms with van der Waals surface area (Å²) in [5, 5.41) is 8.37. The maximum absolute atomic E-state index is 10.8. The van der Waals surface area contributed by atoms with Crippen molar-refractivity contribution < 1.29 is 24.2 Å². The number of carboxylic acids is 1. The Morgan fingerprint density at radius 2 is 2.20 bits per heavy atom. The highest BCUT2D eigenvalue weighted by molar-refractivity contribution is 5.81. The van der Waals surface area contributed by atoms with Gasteiger partial charge >= 0.3 is 11.9 Å². The van der Waals surface area contributed by atoms with Gasteiger partial charge < -0.3 is 14.6 Å². The third-order valence-electron chi connectivity index (χ3n) is 1.59. The van der Waals surface area contributed by atoms with Crippen LogP contribution in [0.1, 0.15) is 26.2 Å². The summed E-state index contributed by atoms with van der Waals surface area (Å²) < 4.78 is 9.99. The second-order valence-corrected chi connectivity index (χ2v) is 2.85. The highest BCUT2D eigenvalue weighted by Crippen LogP contribution is 2.03. The Morgan fingerprint density at radius 3 is 2.67 bits per heavy atom. The Bertz CT molecular complexity index is 224. The maximum atomic E-state index is 10.8. The van der Waals surface area contributed by atoms with Crippen molar-refractivity contribution in [2.24, 2.45) is 0 Å². The van der Waals surface area contributed by atoms with Crippen LogP contribution in [0.3, 0.4) is 0 Å². The highest BCUT2D eigenvalue weighted by atomic mass is 16.7. The van der Waals surface area contributed by atoms with Crippen LogP contribution in [0.4, 0.5) is 0 Å². The number of esters is 1. The van der Waals surface area contributed by atoms with Gasteiger partial charge in [-0.15, -0.1) is 0 Å². The molecule has 0 fully saturated rings. The van der Waals surface area contributed by atoms with Crippen molar-refractivity contribution in [3.8, 4) is 0 Å². The summed E-state index contributed by atoms with van der Waals surface area (Å²) in [4.78, 5) is 21.0. The first kappa shape index (κ1) is 13.6. The Labute approximate surface area is 88.7 Å². The van der Waals surface area contributed by atoms with E-state index in [4.69, 9.17) is 14.6 Å². The van der Waals surface area contributed by atoms with E-state index in [9.17, 15) is 9.59 Å². The molecule has 0 heterocycles. The number of rotatable bonds is 8. The van der Waals surface area contributed by atoms with E-state index in [1.165, 1.54) is 0 Å². The number of carboxylic acid groups (broad SMARTS) is 1. The molecule has 0 aromatic carbocycles. The van der Waals surface area contributed by atoms with Crippen LogP contribution in [0.15, 0.2) is 12.7 Å². The molecule has 1 N–H and O–H groups in total. The van der Waals surface area contributed by atoms with Gasteiger partial charge in [0.25, 0.3) is 0 Å². The van der Waals surface area contributed by atoms with Crippen LogP contribution in [0, 0.1) is 0 Å². The van der Waals surface area contributed by atoms with E-state index in [-0.39, 0.29) is 13.0 Å². The van der Waals surface area contributed by atoms with Crippen molar-refractivity contribution in [3.05, 3.63) is 12.7 Å². The Hall–Kier alpha value is -1.36. The zero-order chi connectivity index (χ0) is 11.7. The summed E-state index contributed by atoms with van der Waals surface area (Å²) in [5.41, 5.74) is 0. The third-order valence-corrected chi connectivity index (χ3v) is 1.59. The van der Waals surface area contributed by atoms with Crippen molar-refractivity contribution in [1.82, 2.24) is 0 Å². The first-order valence-electron chi connectivity index (χ1n) is 4.76. The van der Waals surface area contributed by atoms with Gasteiger partial charge in [0.05, 0.1) is 6.61 Å². The van der Waals surface area contributed by atoms with Gasteiger partial charge in [-0.3, -0.25) is 4.79 Å². The topological polar surface area (TPSA) is 72.8 Å². The lowest BCUT2D eigenvalue weighted by Gasteiger charge is -2.15. The molecule has 0 aliphatic heterocycles. The van der Waals surface area contributed by atoms with Crippen LogP contribution >= 0.6 is 0 Å². The minimum atomic E-state index is -0.866.